The molecule has 11 aromatic rings. The average molecular weight is 911 g/mol. The Labute approximate surface area is 415 Å². The second-order valence-electron chi connectivity index (χ2n) is 24.0. The van der Waals surface area contributed by atoms with Crippen LogP contribution >= 0.6 is 0 Å². The largest absolute Gasteiger partial charge is 0.309 e. The Balaban J connectivity index is 1.25. The van der Waals surface area contributed by atoms with Crippen LogP contribution in [0.15, 0.2) is 182 Å². The van der Waals surface area contributed by atoms with Gasteiger partial charge in [0.25, 0.3) is 0 Å². The Bertz CT molecular complexity index is 3680. The fourth-order valence-electron chi connectivity index (χ4n) is 10.8. The van der Waals surface area contributed by atoms with Crippen LogP contribution in [0.1, 0.15) is 105 Å². The van der Waals surface area contributed by atoms with E-state index in [1.165, 1.54) is 104 Å². The molecule has 11 rings (SSSR count). The van der Waals surface area contributed by atoms with Crippen molar-refractivity contribution in [3.05, 3.63) is 204 Å². The van der Waals surface area contributed by atoms with E-state index >= 15 is 0 Å². The number of fused-ring (bicyclic) bond motifs is 3. The van der Waals surface area contributed by atoms with Gasteiger partial charge in [0, 0.05) is 32.8 Å². The second-order valence-corrected chi connectivity index (χ2v) is 24.0. The van der Waals surface area contributed by atoms with E-state index in [0.29, 0.717) is 0 Å². The van der Waals surface area contributed by atoms with Crippen LogP contribution in [0.4, 0.5) is 17.1 Å². The molecular formula is C68H66N2. The van der Waals surface area contributed by atoms with Crippen molar-refractivity contribution in [3.8, 4) is 27.9 Å². The highest BCUT2D eigenvalue weighted by Gasteiger charge is 2.28. The topological polar surface area (TPSA) is 8.17 Å². The van der Waals surface area contributed by atoms with Gasteiger partial charge < -0.3 is 9.47 Å². The quantitative estimate of drug-likeness (QED) is 0.151. The van der Waals surface area contributed by atoms with Crippen molar-refractivity contribution in [2.24, 2.45) is 0 Å². The molecule has 348 valence electrons. The van der Waals surface area contributed by atoms with E-state index in [9.17, 15) is 0 Å². The normalized spacial score (nSPS) is 12.9. The summed E-state index contributed by atoms with van der Waals surface area (Å²) in [6, 6.07) is 69.4. The number of rotatable bonds is 6. The third kappa shape index (κ3) is 7.73. The Morgan fingerprint density at radius 2 is 0.800 bits per heavy atom. The molecule has 0 radical (unpaired) electrons. The maximum absolute atomic E-state index is 2.61. The van der Waals surface area contributed by atoms with Gasteiger partial charge in [0.1, 0.15) is 0 Å². The highest BCUT2D eigenvalue weighted by atomic mass is 15.1. The van der Waals surface area contributed by atoms with E-state index in [1.54, 1.807) is 0 Å². The first kappa shape index (κ1) is 45.3. The van der Waals surface area contributed by atoms with Crippen molar-refractivity contribution >= 4 is 71.2 Å². The lowest BCUT2D eigenvalue weighted by Gasteiger charge is -2.33. The molecule has 2 nitrogen and oxygen atoms in total. The number of hydrogen-bond donors (Lipinski definition) is 0. The molecule has 0 N–H and O–H groups in total. The minimum atomic E-state index is -0.0889. The number of benzene rings is 10. The molecule has 0 fully saturated rings. The highest BCUT2D eigenvalue weighted by Crippen LogP contribution is 2.50. The van der Waals surface area contributed by atoms with Crippen molar-refractivity contribution in [1.29, 1.82) is 0 Å². The Kier molecular flexibility index (Phi) is 10.5. The van der Waals surface area contributed by atoms with Gasteiger partial charge in [-0.05, 0) is 125 Å². The molecule has 0 saturated carbocycles. The first-order chi connectivity index (χ1) is 33.2. The van der Waals surface area contributed by atoms with Crippen molar-refractivity contribution in [3.63, 3.8) is 0 Å². The molecule has 1 aromatic heterocycles. The van der Waals surface area contributed by atoms with Crippen molar-refractivity contribution < 1.29 is 0 Å². The molecule has 1 heterocycles. The van der Waals surface area contributed by atoms with Crippen molar-refractivity contribution in [2.75, 3.05) is 4.90 Å². The predicted molar refractivity (Wildman–Crippen MR) is 305 cm³/mol. The molecule has 70 heavy (non-hydrogen) atoms. The lowest BCUT2D eigenvalue weighted by molar-refractivity contribution is 0.568. The zero-order valence-electron chi connectivity index (χ0n) is 43.2. The molecule has 0 saturated heterocycles. The van der Waals surface area contributed by atoms with E-state index in [2.05, 4.69) is 275 Å². The number of hydrogen-bond acceptors (Lipinski definition) is 1. The summed E-state index contributed by atoms with van der Waals surface area (Å²) in [5.74, 6) is 0. The maximum Gasteiger partial charge on any atom is 0.0546 e. The number of aromatic nitrogens is 1. The Hall–Kier alpha value is -7.16. The molecule has 0 amide bonds. The smallest absolute Gasteiger partial charge is 0.0546 e. The summed E-state index contributed by atoms with van der Waals surface area (Å²) in [5, 5.41) is 10.1. The molecule has 0 spiro atoms. The predicted octanol–water partition coefficient (Wildman–Crippen LogP) is 19.7. The van der Waals surface area contributed by atoms with Gasteiger partial charge in [0.2, 0.25) is 0 Å². The monoisotopic (exact) mass is 911 g/mol. The lowest BCUT2D eigenvalue weighted by atomic mass is 9.78. The van der Waals surface area contributed by atoms with E-state index in [4.69, 9.17) is 0 Å². The molecule has 0 atom stereocenters. The molecule has 2 heteroatoms. The van der Waals surface area contributed by atoms with Crippen LogP contribution in [0.5, 0.6) is 0 Å². The van der Waals surface area contributed by atoms with E-state index in [1.807, 2.05) is 0 Å². The first-order valence-electron chi connectivity index (χ1n) is 25.3. The Morgan fingerprint density at radius 1 is 0.329 bits per heavy atom. The van der Waals surface area contributed by atoms with Crippen LogP contribution in [0.25, 0.3) is 82.1 Å². The minimum Gasteiger partial charge on any atom is -0.309 e. The van der Waals surface area contributed by atoms with Gasteiger partial charge in [-0.3, -0.25) is 0 Å². The maximum atomic E-state index is 2.61. The standard InChI is InChI=1S/C68H66N2/c1-65(2,3)48-36-47(37-49(39-48)66(4,5)6)46-28-31-53(43-20-14-13-15-21-43)62(38-46)69(52-41-50(67(7,8)9)40-51(42-52)68(10,11)12)60-34-29-44-27-33-57-61(35-30-45-26-32-56(60)63(44)64(45)57)70-58-24-18-16-22-54(58)55-23-17-19-25-59(55)70/h13-42H,1-12H3. The van der Waals surface area contributed by atoms with E-state index in [0.717, 1.165) is 17.1 Å². The molecule has 10 aromatic carbocycles. The van der Waals surface area contributed by atoms with Gasteiger partial charge in [0.05, 0.1) is 28.1 Å². The molecular weight excluding hydrogens is 845 g/mol. The van der Waals surface area contributed by atoms with Gasteiger partial charge >= 0.3 is 0 Å². The fraction of sp³-hybridized carbons (Fsp3) is 0.235. The molecule has 0 unspecified atom stereocenters. The van der Waals surface area contributed by atoms with Gasteiger partial charge in [-0.25, -0.2) is 0 Å². The van der Waals surface area contributed by atoms with Crippen LogP contribution < -0.4 is 4.90 Å². The summed E-state index contributed by atoms with van der Waals surface area (Å²) >= 11 is 0. The molecule has 0 aliphatic carbocycles. The molecule has 0 bridgehead atoms. The van der Waals surface area contributed by atoms with Gasteiger partial charge in [-0.1, -0.05) is 223 Å². The van der Waals surface area contributed by atoms with Gasteiger partial charge in [-0.2, -0.15) is 0 Å². The summed E-state index contributed by atoms with van der Waals surface area (Å²) in [4.78, 5) is 2.61. The molecule has 0 aliphatic rings. The summed E-state index contributed by atoms with van der Waals surface area (Å²) in [5.41, 5.74) is 17.0. The van der Waals surface area contributed by atoms with Crippen LogP contribution in [0.3, 0.4) is 0 Å². The first-order valence-corrected chi connectivity index (χ1v) is 25.3. The van der Waals surface area contributed by atoms with Crippen LogP contribution in [-0.4, -0.2) is 4.57 Å². The van der Waals surface area contributed by atoms with Crippen LogP contribution in [0, 0.1) is 0 Å². The highest BCUT2D eigenvalue weighted by molar-refractivity contribution is 6.27. The van der Waals surface area contributed by atoms with Crippen LogP contribution in [-0.2, 0) is 21.7 Å². The third-order valence-electron chi connectivity index (χ3n) is 14.9. The van der Waals surface area contributed by atoms with Gasteiger partial charge in [0.15, 0.2) is 0 Å². The number of nitrogens with zero attached hydrogens (tertiary/aromatic N) is 2. The SMILES string of the molecule is CC(C)(C)c1cc(-c2ccc(-c3ccccc3)c(N(c3cc(C(C)(C)C)cc(C(C)(C)C)c3)c3ccc4ccc5c(-n6c7ccccc7c7ccccc76)ccc6ccc3c4c65)c2)cc(C(C)(C)C)c1. The fourth-order valence-corrected chi connectivity index (χ4v) is 10.8. The number of para-hydroxylation sites is 2. The van der Waals surface area contributed by atoms with E-state index < -0.39 is 0 Å². The average Bonchev–Trinajstić information content (AvgIpc) is 3.66. The van der Waals surface area contributed by atoms with Gasteiger partial charge in [-0.15, -0.1) is 0 Å². The summed E-state index contributed by atoms with van der Waals surface area (Å²) in [7, 11) is 0. The lowest BCUT2D eigenvalue weighted by Crippen LogP contribution is -2.19. The van der Waals surface area contributed by atoms with E-state index in [-0.39, 0.29) is 21.7 Å². The molecule has 0 aliphatic heterocycles. The summed E-state index contributed by atoms with van der Waals surface area (Å²) in [6.07, 6.45) is 0. The number of anilines is 3. The zero-order valence-corrected chi connectivity index (χ0v) is 43.2. The zero-order chi connectivity index (χ0) is 49.1. The Morgan fingerprint density at radius 3 is 1.36 bits per heavy atom. The second kappa shape index (κ2) is 16.2. The minimum absolute atomic E-state index is 0.0191. The van der Waals surface area contributed by atoms with Crippen LogP contribution in [0.2, 0.25) is 0 Å². The van der Waals surface area contributed by atoms with Crippen molar-refractivity contribution in [1.82, 2.24) is 4.57 Å². The summed E-state index contributed by atoms with van der Waals surface area (Å²) < 4.78 is 2.48. The third-order valence-corrected chi connectivity index (χ3v) is 14.9. The van der Waals surface area contributed by atoms with Crippen molar-refractivity contribution in [2.45, 2.75) is 105 Å². The summed E-state index contributed by atoms with van der Waals surface area (Å²) in [6.45, 7) is 28.1.